The maximum Gasteiger partial charge on any atom is 0.228 e. The monoisotopic (exact) mass is 445 g/mol. The largest absolute Gasteiger partial charge is 0.496 e. The van der Waals surface area contributed by atoms with E-state index in [0.717, 1.165) is 17.3 Å². The Balaban J connectivity index is 0.00000288. The van der Waals surface area contributed by atoms with Crippen molar-refractivity contribution >= 4 is 29.9 Å². The number of aryl methyl sites for hydroxylation is 1. The first-order valence-corrected chi connectivity index (χ1v) is 7.47. The summed E-state index contributed by atoms with van der Waals surface area (Å²) in [6, 6.07) is 7.96. The molecule has 132 valence electrons. The van der Waals surface area contributed by atoms with Gasteiger partial charge in [-0.15, -0.1) is 24.0 Å². The van der Waals surface area contributed by atoms with E-state index in [0.29, 0.717) is 31.2 Å². The molecule has 1 heterocycles. The molecule has 2 rings (SSSR count). The predicted molar refractivity (Wildman–Crippen MR) is 104 cm³/mol. The van der Waals surface area contributed by atoms with E-state index in [9.17, 15) is 0 Å². The van der Waals surface area contributed by atoms with Crippen molar-refractivity contribution in [1.82, 2.24) is 20.4 Å². The average Bonchev–Trinajstić information content (AvgIpc) is 2.97. The van der Waals surface area contributed by atoms with Gasteiger partial charge in [-0.05, 0) is 13.0 Å². The number of hydrogen-bond acceptors (Lipinski definition) is 5. The fourth-order valence-electron chi connectivity index (χ4n) is 2.27. The molecule has 24 heavy (non-hydrogen) atoms. The van der Waals surface area contributed by atoms with Crippen molar-refractivity contribution < 1.29 is 9.26 Å². The highest BCUT2D eigenvalue weighted by molar-refractivity contribution is 14.0. The smallest absolute Gasteiger partial charge is 0.228 e. The number of hydrogen-bond donors (Lipinski definition) is 1. The number of methoxy groups -OCH3 is 1. The summed E-state index contributed by atoms with van der Waals surface area (Å²) in [4.78, 5) is 10.5. The van der Waals surface area contributed by atoms with E-state index in [1.165, 1.54) is 0 Å². The van der Waals surface area contributed by atoms with Crippen molar-refractivity contribution in [1.29, 1.82) is 0 Å². The van der Waals surface area contributed by atoms with Crippen molar-refractivity contribution in [3.05, 3.63) is 41.5 Å². The molecule has 1 aromatic heterocycles. The Morgan fingerprint density at radius 1 is 1.38 bits per heavy atom. The number of nitrogens with one attached hydrogen (secondary N) is 1. The third-order valence-electron chi connectivity index (χ3n) is 3.37. The lowest BCUT2D eigenvalue weighted by atomic mass is 10.2. The minimum Gasteiger partial charge on any atom is -0.496 e. The minimum absolute atomic E-state index is 0. The second kappa shape index (κ2) is 10.1. The van der Waals surface area contributed by atoms with Crippen LogP contribution in [0.15, 0.2) is 33.8 Å². The van der Waals surface area contributed by atoms with Crippen molar-refractivity contribution in [2.75, 3.05) is 27.7 Å². The van der Waals surface area contributed by atoms with E-state index < -0.39 is 0 Å². The van der Waals surface area contributed by atoms with E-state index in [1.807, 2.05) is 36.2 Å². The number of para-hydroxylation sites is 1. The number of aliphatic imine (C=N–C) groups is 1. The maximum absolute atomic E-state index is 5.39. The van der Waals surface area contributed by atoms with Crippen molar-refractivity contribution in [3.63, 3.8) is 0 Å². The van der Waals surface area contributed by atoms with E-state index in [4.69, 9.17) is 9.26 Å². The van der Waals surface area contributed by atoms with Gasteiger partial charge in [0.1, 0.15) is 5.75 Å². The minimum atomic E-state index is 0. The fourth-order valence-corrected chi connectivity index (χ4v) is 2.27. The van der Waals surface area contributed by atoms with Gasteiger partial charge in [0.2, 0.25) is 5.89 Å². The van der Waals surface area contributed by atoms with Gasteiger partial charge in [-0.3, -0.25) is 4.99 Å². The third-order valence-corrected chi connectivity index (χ3v) is 3.37. The van der Waals surface area contributed by atoms with Crippen LogP contribution in [0.3, 0.4) is 0 Å². The van der Waals surface area contributed by atoms with Crippen molar-refractivity contribution in [2.45, 2.75) is 19.9 Å². The van der Waals surface area contributed by atoms with Crippen LogP contribution < -0.4 is 10.1 Å². The number of guanidine groups is 1. The number of benzene rings is 1. The molecular weight excluding hydrogens is 421 g/mol. The molecule has 0 unspecified atom stereocenters. The van der Waals surface area contributed by atoms with Gasteiger partial charge in [0, 0.05) is 39.2 Å². The second-order valence-corrected chi connectivity index (χ2v) is 5.13. The van der Waals surface area contributed by atoms with E-state index >= 15 is 0 Å². The molecule has 8 heteroatoms. The number of aromatic nitrogens is 2. The summed E-state index contributed by atoms with van der Waals surface area (Å²) in [5.74, 6) is 2.94. The van der Waals surface area contributed by atoms with Gasteiger partial charge in [0.15, 0.2) is 11.8 Å². The van der Waals surface area contributed by atoms with Crippen LogP contribution in [0.25, 0.3) is 0 Å². The zero-order valence-electron chi connectivity index (χ0n) is 14.4. The molecule has 0 saturated heterocycles. The first kappa shape index (κ1) is 20.2. The van der Waals surface area contributed by atoms with E-state index in [-0.39, 0.29) is 24.0 Å². The molecule has 0 aliphatic heterocycles. The molecule has 0 aliphatic rings. The van der Waals surface area contributed by atoms with Gasteiger partial charge < -0.3 is 19.5 Å². The molecular formula is C16H24IN5O2. The molecule has 7 nitrogen and oxygen atoms in total. The number of ether oxygens (including phenoxy) is 1. The molecule has 0 bridgehead atoms. The molecule has 0 amide bonds. The number of halogens is 1. The van der Waals surface area contributed by atoms with Gasteiger partial charge in [-0.25, -0.2) is 0 Å². The molecule has 2 aromatic rings. The topological polar surface area (TPSA) is 75.8 Å². The maximum atomic E-state index is 5.39. The first-order chi connectivity index (χ1) is 11.1. The number of rotatable bonds is 6. The van der Waals surface area contributed by atoms with Crippen LogP contribution in [0.4, 0.5) is 0 Å². The van der Waals surface area contributed by atoms with E-state index in [1.54, 1.807) is 21.1 Å². The Bertz CT molecular complexity index is 659. The normalized spacial score (nSPS) is 10.9. The average molecular weight is 445 g/mol. The highest BCUT2D eigenvalue weighted by atomic mass is 127. The summed E-state index contributed by atoms with van der Waals surface area (Å²) in [6.07, 6.45) is 0.655. The Morgan fingerprint density at radius 3 is 2.75 bits per heavy atom. The van der Waals surface area contributed by atoms with Crippen LogP contribution in [-0.4, -0.2) is 48.8 Å². The van der Waals surface area contributed by atoms with Gasteiger partial charge in [-0.2, -0.15) is 4.98 Å². The molecule has 1 aromatic carbocycles. The molecule has 0 radical (unpaired) electrons. The van der Waals surface area contributed by atoms with Crippen LogP contribution in [0.5, 0.6) is 5.75 Å². The Labute approximate surface area is 159 Å². The second-order valence-electron chi connectivity index (χ2n) is 5.13. The van der Waals surface area contributed by atoms with Crippen molar-refractivity contribution in [3.8, 4) is 5.75 Å². The molecule has 0 saturated carbocycles. The summed E-state index contributed by atoms with van der Waals surface area (Å²) in [5, 5.41) is 7.07. The third kappa shape index (κ3) is 5.66. The van der Waals surface area contributed by atoms with Crippen LogP contribution in [0.1, 0.15) is 17.3 Å². The van der Waals surface area contributed by atoms with Crippen LogP contribution in [0, 0.1) is 6.92 Å². The summed E-state index contributed by atoms with van der Waals surface area (Å²) in [5.41, 5.74) is 1.10. The standard InChI is InChI=1S/C16H23N5O2.HI/c1-12-19-15(23-20-12)9-10-18-16(17-2)21(3)11-13-7-5-6-8-14(13)22-4;/h5-8H,9-11H2,1-4H3,(H,17,18);1H. The highest BCUT2D eigenvalue weighted by Gasteiger charge is 2.10. The summed E-state index contributed by atoms with van der Waals surface area (Å²) >= 11 is 0. The summed E-state index contributed by atoms with van der Waals surface area (Å²) in [7, 11) is 5.43. The highest BCUT2D eigenvalue weighted by Crippen LogP contribution is 2.18. The Kier molecular flexibility index (Phi) is 8.51. The van der Waals surface area contributed by atoms with E-state index in [2.05, 4.69) is 20.4 Å². The van der Waals surface area contributed by atoms with Crippen LogP contribution >= 0.6 is 24.0 Å². The first-order valence-electron chi connectivity index (χ1n) is 7.47. The quantitative estimate of drug-likeness (QED) is 0.418. The molecule has 0 spiro atoms. The molecule has 0 atom stereocenters. The lowest BCUT2D eigenvalue weighted by Crippen LogP contribution is -2.39. The van der Waals surface area contributed by atoms with Gasteiger partial charge in [0.05, 0.1) is 7.11 Å². The zero-order valence-corrected chi connectivity index (χ0v) is 16.8. The Morgan fingerprint density at radius 2 is 2.12 bits per heavy atom. The zero-order chi connectivity index (χ0) is 16.7. The fraction of sp³-hybridized carbons (Fsp3) is 0.438. The number of nitrogens with zero attached hydrogens (tertiary/aromatic N) is 4. The van der Waals surface area contributed by atoms with Crippen LogP contribution in [-0.2, 0) is 13.0 Å². The molecule has 0 fully saturated rings. The summed E-state index contributed by atoms with van der Waals surface area (Å²) < 4.78 is 10.5. The van der Waals surface area contributed by atoms with Gasteiger partial charge in [-0.1, -0.05) is 23.4 Å². The molecule has 0 aliphatic carbocycles. The summed E-state index contributed by atoms with van der Waals surface area (Å²) in [6.45, 7) is 3.17. The van der Waals surface area contributed by atoms with Gasteiger partial charge >= 0.3 is 0 Å². The molecule has 1 N–H and O–H groups in total. The van der Waals surface area contributed by atoms with Crippen LogP contribution in [0.2, 0.25) is 0 Å². The van der Waals surface area contributed by atoms with Crippen molar-refractivity contribution in [2.24, 2.45) is 4.99 Å². The predicted octanol–water partition coefficient (Wildman–Crippen LogP) is 2.25. The van der Waals surface area contributed by atoms with Gasteiger partial charge in [0.25, 0.3) is 0 Å². The lowest BCUT2D eigenvalue weighted by molar-refractivity contribution is 0.373. The SMILES string of the molecule is CN=C(NCCc1nc(C)no1)N(C)Cc1ccccc1OC.I. The Hall–Kier alpha value is -1.84. The lowest BCUT2D eigenvalue weighted by Gasteiger charge is -2.22.